The smallest absolute Gasteiger partial charge is 0.310 e. The molecule has 218 valence electrons. The van der Waals surface area contributed by atoms with Crippen LogP contribution in [0.5, 0.6) is 0 Å². The van der Waals surface area contributed by atoms with E-state index in [0.29, 0.717) is 15.8 Å². The molecule has 0 aliphatic heterocycles. The molecule has 12 heteroatoms. The molecular weight excluding hydrogens is 581 g/mol. The number of esters is 1. The standard InChI is InChI=1S/C30H28FN3O6S2/c1-42(38,39)28(29(37)32-16-26(35)33-21-10-11-21)30-34-24-15-23(31)22(14-25(24)41-30)20-9-5-8-19(12-20)13-27(36)40-17-18-6-3-2-4-7-18/h2-9,12,14-15,21,28H,10-11,13,16-17H2,1H3,(H,32,37)(H,33,35). The Labute approximate surface area is 246 Å². The third-order valence-electron chi connectivity index (χ3n) is 6.58. The third kappa shape index (κ3) is 7.37. The summed E-state index contributed by atoms with van der Waals surface area (Å²) >= 11 is 0.960. The molecule has 9 nitrogen and oxygen atoms in total. The molecule has 1 unspecified atom stereocenters. The summed E-state index contributed by atoms with van der Waals surface area (Å²) < 4.78 is 46.3. The molecule has 2 amide bonds. The van der Waals surface area contributed by atoms with Crippen molar-refractivity contribution in [3.63, 3.8) is 0 Å². The summed E-state index contributed by atoms with van der Waals surface area (Å²) in [4.78, 5) is 41.5. The first kappa shape index (κ1) is 29.3. The first-order valence-corrected chi connectivity index (χ1v) is 16.0. The number of ether oxygens (including phenoxy) is 1. The zero-order chi connectivity index (χ0) is 29.9. The molecule has 1 fully saturated rings. The number of carbonyl (C=O) groups is 3. The average molecular weight is 610 g/mol. The Balaban J connectivity index is 1.33. The van der Waals surface area contributed by atoms with Gasteiger partial charge in [0, 0.05) is 23.9 Å². The Kier molecular flexibility index (Phi) is 8.64. The molecule has 2 N–H and O–H groups in total. The Morgan fingerprint density at radius 1 is 1.05 bits per heavy atom. The van der Waals surface area contributed by atoms with E-state index in [2.05, 4.69) is 15.6 Å². The fourth-order valence-electron chi connectivity index (χ4n) is 4.36. The van der Waals surface area contributed by atoms with E-state index in [4.69, 9.17) is 4.74 Å². The minimum absolute atomic E-state index is 0.000920. The fourth-order valence-corrected chi connectivity index (χ4v) is 6.89. The molecular formula is C30H28FN3O6S2. The van der Waals surface area contributed by atoms with Crippen molar-refractivity contribution in [3.05, 3.63) is 88.7 Å². The van der Waals surface area contributed by atoms with Gasteiger partial charge in [-0.3, -0.25) is 14.4 Å². The number of nitrogens with one attached hydrogen (secondary N) is 2. The topological polar surface area (TPSA) is 132 Å². The number of nitrogens with zero attached hydrogens (tertiary/aromatic N) is 1. The number of benzene rings is 3. The van der Waals surface area contributed by atoms with Crippen LogP contribution < -0.4 is 10.6 Å². The molecule has 1 heterocycles. The molecule has 1 saturated carbocycles. The lowest BCUT2D eigenvalue weighted by Crippen LogP contribution is -2.41. The number of hydrogen-bond acceptors (Lipinski definition) is 8. The van der Waals surface area contributed by atoms with Gasteiger partial charge < -0.3 is 15.4 Å². The number of halogens is 1. The minimum Gasteiger partial charge on any atom is -0.461 e. The second-order valence-corrected chi connectivity index (χ2v) is 13.3. The van der Waals surface area contributed by atoms with Gasteiger partial charge in [0.2, 0.25) is 11.8 Å². The van der Waals surface area contributed by atoms with Gasteiger partial charge in [0.1, 0.15) is 17.4 Å². The van der Waals surface area contributed by atoms with E-state index in [0.717, 1.165) is 36.0 Å². The number of hydrogen-bond donors (Lipinski definition) is 2. The summed E-state index contributed by atoms with van der Waals surface area (Å²) in [6.07, 6.45) is 2.66. The highest BCUT2D eigenvalue weighted by Gasteiger charge is 2.34. The third-order valence-corrected chi connectivity index (χ3v) is 9.10. The Hall–Kier alpha value is -4.16. The molecule has 1 aromatic heterocycles. The number of rotatable bonds is 11. The van der Waals surface area contributed by atoms with Gasteiger partial charge in [0.05, 0.1) is 23.2 Å². The number of aromatic nitrogens is 1. The van der Waals surface area contributed by atoms with Gasteiger partial charge in [-0.25, -0.2) is 17.8 Å². The van der Waals surface area contributed by atoms with Crippen molar-refractivity contribution in [1.29, 1.82) is 0 Å². The van der Waals surface area contributed by atoms with Gasteiger partial charge in [-0.15, -0.1) is 11.3 Å². The lowest BCUT2D eigenvalue weighted by atomic mass is 10.0. The van der Waals surface area contributed by atoms with E-state index in [1.165, 1.54) is 6.07 Å². The second kappa shape index (κ2) is 12.4. The first-order valence-electron chi connectivity index (χ1n) is 13.2. The summed E-state index contributed by atoms with van der Waals surface area (Å²) in [6.45, 7) is -0.209. The molecule has 3 aromatic carbocycles. The number of thiazole rings is 1. The Morgan fingerprint density at radius 3 is 2.50 bits per heavy atom. The van der Waals surface area contributed by atoms with Crippen molar-refractivity contribution in [2.24, 2.45) is 0 Å². The van der Waals surface area contributed by atoms with Crippen molar-refractivity contribution >= 4 is 49.2 Å². The molecule has 0 spiro atoms. The van der Waals surface area contributed by atoms with E-state index in [1.807, 2.05) is 30.3 Å². The molecule has 4 aromatic rings. The van der Waals surface area contributed by atoms with Crippen molar-refractivity contribution < 1.29 is 31.9 Å². The van der Waals surface area contributed by atoms with Crippen molar-refractivity contribution in [2.45, 2.75) is 37.2 Å². The fraction of sp³-hybridized carbons (Fsp3) is 0.267. The van der Waals surface area contributed by atoms with Gasteiger partial charge in [0.25, 0.3) is 0 Å². The van der Waals surface area contributed by atoms with Crippen LogP contribution in [0.15, 0.2) is 66.7 Å². The lowest BCUT2D eigenvalue weighted by Gasteiger charge is -2.12. The number of carbonyl (C=O) groups excluding carboxylic acids is 3. The molecule has 1 aliphatic carbocycles. The van der Waals surface area contributed by atoms with Crippen LogP contribution in [0.25, 0.3) is 21.3 Å². The van der Waals surface area contributed by atoms with Crippen LogP contribution in [0.1, 0.15) is 34.2 Å². The van der Waals surface area contributed by atoms with Crippen molar-refractivity contribution in [1.82, 2.24) is 15.6 Å². The molecule has 0 bridgehead atoms. The highest BCUT2D eigenvalue weighted by Crippen LogP contribution is 2.35. The molecule has 0 radical (unpaired) electrons. The molecule has 42 heavy (non-hydrogen) atoms. The normalized spacial score (nSPS) is 13.9. The van der Waals surface area contributed by atoms with E-state index in [-0.39, 0.29) is 41.7 Å². The number of sulfone groups is 1. The predicted octanol–water partition coefficient (Wildman–Crippen LogP) is 3.87. The Morgan fingerprint density at radius 2 is 1.79 bits per heavy atom. The monoisotopic (exact) mass is 609 g/mol. The van der Waals surface area contributed by atoms with Crippen LogP contribution in [0, 0.1) is 5.82 Å². The van der Waals surface area contributed by atoms with E-state index < -0.39 is 38.7 Å². The molecule has 0 saturated heterocycles. The summed E-state index contributed by atoms with van der Waals surface area (Å²) in [7, 11) is -3.97. The van der Waals surface area contributed by atoms with Crippen LogP contribution in [-0.2, 0) is 42.0 Å². The van der Waals surface area contributed by atoms with Crippen LogP contribution in [0.3, 0.4) is 0 Å². The average Bonchev–Trinajstić information content (AvgIpc) is 3.67. The van der Waals surface area contributed by atoms with Crippen molar-refractivity contribution in [2.75, 3.05) is 12.8 Å². The summed E-state index contributed by atoms with van der Waals surface area (Å²) in [5, 5.41) is 3.42. The zero-order valence-electron chi connectivity index (χ0n) is 22.6. The van der Waals surface area contributed by atoms with Crippen LogP contribution >= 0.6 is 11.3 Å². The van der Waals surface area contributed by atoms with Crippen molar-refractivity contribution in [3.8, 4) is 11.1 Å². The minimum atomic E-state index is -3.97. The number of fused-ring (bicyclic) bond motifs is 1. The van der Waals surface area contributed by atoms with Gasteiger partial charge >= 0.3 is 5.97 Å². The molecule has 1 aliphatic rings. The summed E-state index contributed by atoms with van der Waals surface area (Å²) in [6, 6.07) is 19.0. The molecule has 5 rings (SSSR count). The molecule has 1 atom stereocenters. The maximum absolute atomic E-state index is 15.3. The SMILES string of the molecule is CS(=O)(=O)C(C(=O)NCC(=O)NC1CC1)c1nc2cc(F)c(-c3cccc(CC(=O)OCc4ccccc4)c3)cc2s1. The Bertz CT molecular complexity index is 1750. The van der Waals surface area contributed by atoms with Crippen LogP contribution in [-0.4, -0.2) is 50.0 Å². The van der Waals surface area contributed by atoms with Crippen LogP contribution in [0.4, 0.5) is 4.39 Å². The van der Waals surface area contributed by atoms with Crippen LogP contribution in [0.2, 0.25) is 0 Å². The van der Waals surface area contributed by atoms with Gasteiger partial charge in [0.15, 0.2) is 15.1 Å². The van der Waals surface area contributed by atoms with E-state index >= 15 is 4.39 Å². The number of amides is 2. The largest absolute Gasteiger partial charge is 0.461 e. The zero-order valence-corrected chi connectivity index (χ0v) is 24.3. The highest BCUT2D eigenvalue weighted by atomic mass is 32.2. The second-order valence-electron chi connectivity index (χ2n) is 10.1. The van der Waals surface area contributed by atoms with Gasteiger partial charge in [-0.1, -0.05) is 54.6 Å². The predicted molar refractivity (Wildman–Crippen MR) is 157 cm³/mol. The quantitative estimate of drug-likeness (QED) is 0.247. The van der Waals surface area contributed by atoms with E-state index in [1.54, 1.807) is 30.3 Å². The maximum atomic E-state index is 15.3. The summed E-state index contributed by atoms with van der Waals surface area (Å²) in [5.74, 6) is -2.30. The van der Waals surface area contributed by atoms with Gasteiger partial charge in [-0.2, -0.15) is 0 Å². The lowest BCUT2D eigenvalue weighted by molar-refractivity contribution is -0.144. The maximum Gasteiger partial charge on any atom is 0.310 e. The summed E-state index contributed by atoms with van der Waals surface area (Å²) in [5.41, 5.74) is 2.44. The highest BCUT2D eigenvalue weighted by molar-refractivity contribution is 7.91. The first-order chi connectivity index (χ1) is 20.1. The van der Waals surface area contributed by atoms with Gasteiger partial charge in [-0.05, 0) is 35.6 Å². The van der Waals surface area contributed by atoms with E-state index in [9.17, 15) is 22.8 Å².